The third-order valence-corrected chi connectivity index (χ3v) is 3.05. The molecule has 0 saturated carbocycles. The first-order valence-electron chi connectivity index (χ1n) is 6.52. The highest BCUT2D eigenvalue weighted by atomic mass is 16.5. The van der Waals surface area contributed by atoms with Crippen LogP contribution < -0.4 is 10.1 Å². The Morgan fingerprint density at radius 2 is 1.95 bits per heavy atom. The molecule has 0 fully saturated rings. The molecule has 1 amide bonds. The Morgan fingerprint density at radius 1 is 1.20 bits per heavy atom. The lowest BCUT2D eigenvalue weighted by atomic mass is 10.1. The Morgan fingerprint density at radius 3 is 2.60 bits per heavy atom. The summed E-state index contributed by atoms with van der Waals surface area (Å²) in [5, 5.41) is 2.91. The number of amides is 1. The molecular weight excluding hydrogens is 250 g/mol. The van der Waals surface area contributed by atoms with Crippen LogP contribution in [0.3, 0.4) is 0 Å². The smallest absolute Gasteiger partial charge is 0.251 e. The van der Waals surface area contributed by atoms with E-state index < -0.39 is 0 Å². The standard InChI is InChI=1S/C17H18NO2/c1-13-4-3-5-15(12-13)17(19)18-11-10-14-6-8-16(20-2)9-7-14/h3-9,12H,1,10-11H2,2H3,(H,18,19). The Hall–Kier alpha value is -2.29. The summed E-state index contributed by atoms with van der Waals surface area (Å²) in [5.41, 5.74) is 2.65. The Balaban J connectivity index is 1.84. The number of hydrogen-bond acceptors (Lipinski definition) is 2. The van der Waals surface area contributed by atoms with Gasteiger partial charge in [-0.1, -0.05) is 24.3 Å². The average molecular weight is 268 g/mol. The van der Waals surface area contributed by atoms with Crippen LogP contribution in [-0.4, -0.2) is 19.6 Å². The average Bonchev–Trinajstić information content (AvgIpc) is 2.48. The van der Waals surface area contributed by atoms with Gasteiger partial charge in [-0.25, -0.2) is 0 Å². The maximum Gasteiger partial charge on any atom is 0.251 e. The van der Waals surface area contributed by atoms with Crippen LogP contribution in [0, 0.1) is 6.92 Å². The van der Waals surface area contributed by atoms with Crippen molar-refractivity contribution in [1.82, 2.24) is 5.32 Å². The predicted octanol–water partition coefficient (Wildman–Crippen LogP) is 2.85. The summed E-state index contributed by atoms with van der Waals surface area (Å²) in [5.74, 6) is 0.772. The fraction of sp³-hybridized carbons (Fsp3) is 0.176. The van der Waals surface area contributed by atoms with E-state index in [9.17, 15) is 4.79 Å². The van der Waals surface area contributed by atoms with Gasteiger partial charge in [0.2, 0.25) is 0 Å². The second-order valence-electron chi connectivity index (χ2n) is 4.55. The largest absolute Gasteiger partial charge is 0.497 e. The lowest BCUT2D eigenvalue weighted by Crippen LogP contribution is -2.25. The van der Waals surface area contributed by atoms with Crippen LogP contribution >= 0.6 is 0 Å². The van der Waals surface area contributed by atoms with E-state index in [1.54, 1.807) is 19.2 Å². The van der Waals surface area contributed by atoms with Gasteiger partial charge in [-0.15, -0.1) is 0 Å². The fourth-order valence-corrected chi connectivity index (χ4v) is 1.93. The van der Waals surface area contributed by atoms with Crippen molar-refractivity contribution in [2.45, 2.75) is 6.42 Å². The van der Waals surface area contributed by atoms with E-state index in [4.69, 9.17) is 4.74 Å². The third-order valence-electron chi connectivity index (χ3n) is 3.05. The zero-order valence-corrected chi connectivity index (χ0v) is 11.6. The number of carbonyl (C=O) groups excluding carboxylic acids is 1. The molecular formula is C17H18NO2. The summed E-state index contributed by atoms with van der Waals surface area (Å²) in [6.07, 6.45) is 0.791. The topological polar surface area (TPSA) is 38.3 Å². The lowest BCUT2D eigenvalue weighted by Gasteiger charge is -2.06. The molecule has 0 aliphatic carbocycles. The van der Waals surface area contributed by atoms with Gasteiger partial charge in [0.25, 0.3) is 5.91 Å². The Labute approximate surface area is 119 Å². The minimum atomic E-state index is -0.0657. The van der Waals surface area contributed by atoms with Crippen LogP contribution in [0.1, 0.15) is 21.5 Å². The monoisotopic (exact) mass is 268 g/mol. The molecule has 0 aliphatic heterocycles. The number of carbonyl (C=O) groups is 1. The molecule has 0 saturated heterocycles. The molecule has 3 nitrogen and oxygen atoms in total. The molecule has 0 bridgehead atoms. The Kier molecular flexibility index (Phi) is 4.77. The van der Waals surface area contributed by atoms with Crippen molar-refractivity contribution in [2.24, 2.45) is 0 Å². The van der Waals surface area contributed by atoms with Gasteiger partial charge in [0.1, 0.15) is 5.75 Å². The predicted molar refractivity (Wildman–Crippen MR) is 79.9 cm³/mol. The van der Waals surface area contributed by atoms with Crippen molar-refractivity contribution in [1.29, 1.82) is 0 Å². The van der Waals surface area contributed by atoms with Crippen molar-refractivity contribution in [3.63, 3.8) is 0 Å². The van der Waals surface area contributed by atoms with Gasteiger partial charge in [0, 0.05) is 12.1 Å². The summed E-state index contributed by atoms with van der Waals surface area (Å²) in [6.45, 7) is 4.42. The highest BCUT2D eigenvalue weighted by Crippen LogP contribution is 2.11. The van der Waals surface area contributed by atoms with Crippen molar-refractivity contribution >= 4 is 5.91 Å². The van der Waals surface area contributed by atoms with Crippen LogP contribution in [0.4, 0.5) is 0 Å². The first-order valence-corrected chi connectivity index (χ1v) is 6.52. The van der Waals surface area contributed by atoms with Crippen molar-refractivity contribution in [3.8, 4) is 5.75 Å². The van der Waals surface area contributed by atoms with E-state index in [1.807, 2.05) is 36.4 Å². The second-order valence-corrected chi connectivity index (χ2v) is 4.55. The van der Waals surface area contributed by atoms with Gasteiger partial charge in [-0.05, 0) is 48.7 Å². The molecule has 0 aliphatic rings. The molecule has 1 radical (unpaired) electrons. The highest BCUT2D eigenvalue weighted by molar-refractivity contribution is 5.94. The van der Waals surface area contributed by atoms with Crippen LogP contribution in [0.2, 0.25) is 0 Å². The first kappa shape index (κ1) is 14.1. The summed E-state index contributed by atoms with van der Waals surface area (Å²) in [6, 6.07) is 15.1. The molecule has 0 atom stereocenters. The third kappa shape index (κ3) is 3.85. The quantitative estimate of drug-likeness (QED) is 0.905. The van der Waals surface area contributed by atoms with Crippen LogP contribution in [0.5, 0.6) is 5.75 Å². The number of methoxy groups -OCH3 is 1. The van der Waals surface area contributed by atoms with Gasteiger partial charge in [-0.2, -0.15) is 0 Å². The number of nitrogens with one attached hydrogen (secondary N) is 1. The summed E-state index contributed by atoms with van der Waals surface area (Å²) >= 11 is 0. The minimum absolute atomic E-state index is 0.0657. The first-order chi connectivity index (χ1) is 9.69. The van der Waals surface area contributed by atoms with Gasteiger partial charge in [-0.3, -0.25) is 4.79 Å². The minimum Gasteiger partial charge on any atom is -0.497 e. The van der Waals surface area contributed by atoms with E-state index >= 15 is 0 Å². The van der Waals surface area contributed by atoms with Gasteiger partial charge >= 0.3 is 0 Å². The molecule has 103 valence electrons. The summed E-state index contributed by atoms with van der Waals surface area (Å²) in [4.78, 5) is 11.9. The molecule has 2 rings (SSSR count). The molecule has 2 aromatic rings. The van der Waals surface area contributed by atoms with Crippen molar-refractivity contribution in [3.05, 3.63) is 72.1 Å². The normalized spacial score (nSPS) is 10.1. The summed E-state index contributed by atoms with van der Waals surface area (Å²) < 4.78 is 5.11. The zero-order chi connectivity index (χ0) is 14.4. The van der Waals surface area contributed by atoms with Crippen molar-refractivity contribution in [2.75, 3.05) is 13.7 Å². The van der Waals surface area contributed by atoms with E-state index in [2.05, 4.69) is 12.2 Å². The molecule has 0 unspecified atom stereocenters. The lowest BCUT2D eigenvalue weighted by molar-refractivity contribution is 0.0954. The van der Waals surface area contributed by atoms with Crippen LogP contribution in [0.15, 0.2) is 48.5 Å². The van der Waals surface area contributed by atoms with Crippen LogP contribution in [0.25, 0.3) is 0 Å². The number of hydrogen-bond donors (Lipinski definition) is 1. The molecule has 3 heteroatoms. The van der Waals surface area contributed by atoms with E-state index in [-0.39, 0.29) is 5.91 Å². The molecule has 0 spiro atoms. The zero-order valence-electron chi connectivity index (χ0n) is 11.6. The Bertz CT molecular complexity index is 576. The number of rotatable bonds is 5. The van der Waals surface area contributed by atoms with Gasteiger partial charge in [0.15, 0.2) is 0 Å². The van der Waals surface area contributed by atoms with Crippen LogP contribution in [-0.2, 0) is 6.42 Å². The van der Waals surface area contributed by atoms with Crippen molar-refractivity contribution < 1.29 is 9.53 Å². The molecule has 20 heavy (non-hydrogen) atoms. The van der Waals surface area contributed by atoms with Gasteiger partial charge < -0.3 is 10.1 Å². The molecule has 1 N–H and O–H groups in total. The maximum absolute atomic E-state index is 11.9. The molecule has 0 aromatic heterocycles. The van der Waals surface area contributed by atoms with Gasteiger partial charge in [0.05, 0.1) is 7.11 Å². The molecule has 2 aromatic carbocycles. The maximum atomic E-state index is 11.9. The fourth-order valence-electron chi connectivity index (χ4n) is 1.93. The SMILES string of the molecule is [CH2]c1cccc(C(=O)NCCc2ccc(OC)cc2)c1. The van der Waals surface area contributed by atoms with E-state index in [1.165, 1.54) is 0 Å². The number of benzene rings is 2. The second kappa shape index (κ2) is 6.75. The summed E-state index contributed by atoms with van der Waals surface area (Å²) in [7, 11) is 1.64. The van der Waals surface area contributed by atoms with E-state index in [0.717, 1.165) is 23.3 Å². The molecule has 0 heterocycles. The van der Waals surface area contributed by atoms with E-state index in [0.29, 0.717) is 12.1 Å². The highest BCUT2D eigenvalue weighted by Gasteiger charge is 2.04. The number of ether oxygens (including phenoxy) is 1.